The molecule has 1 aliphatic rings. The molecular weight excluding hydrogens is 411 g/mol. The maximum atomic E-state index is 12.6. The first-order valence-corrected chi connectivity index (χ1v) is 9.63. The number of amides is 2. The summed E-state index contributed by atoms with van der Waals surface area (Å²) >= 11 is 13.2. The van der Waals surface area contributed by atoms with Gasteiger partial charge in [-0.15, -0.1) is 11.3 Å². The van der Waals surface area contributed by atoms with E-state index in [2.05, 4.69) is 5.32 Å². The van der Waals surface area contributed by atoms with Crippen molar-refractivity contribution in [1.29, 1.82) is 0 Å². The molecule has 9 heteroatoms. The Bertz CT molecular complexity index is 942. The SMILES string of the molecule is COC(=O)c1c(NC(=O)c2ccc(Cl)cc2Cl)sc2c1CCN(C(C)=O)C2. The summed E-state index contributed by atoms with van der Waals surface area (Å²) in [5.41, 5.74) is 1.38. The lowest BCUT2D eigenvalue weighted by Crippen LogP contribution is -2.33. The van der Waals surface area contributed by atoms with Crippen LogP contribution in [0, 0.1) is 0 Å². The molecule has 0 atom stereocenters. The molecule has 1 N–H and O–H groups in total. The molecule has 27 heavy (non-hydrogen) atoms. The number of fused-ring (bicyclic) bond motifs is 1. The number of rotatable bonds is 3. The quantitative estimate of drug-likeness (QED) is 0.752. The van der Waals surface area contributed by atoms with Crippen molar-refractivity contribution in [2.24, 2.45) is 0 Å². The molecule has 6 nitrogen and oxygen atoms in total. The van der Waals surface area contributed by atoms with E-state index in [-0.39, 0.29) is 16.5 Å². The first-order chi connectivity index (χ1) is 12.8. The van der Waals surface area contributed by atoms with Gasteiger partial charge in [-0.05, 0) is 30.2 Å². The van der Waals surface area contributed by atoms with Crippen molar-refractivity contribution in [3.8, 4) is 0 Å². The molecule has 2 amide bonds. The molecule has 1 aromatic heterocycles. The molecule has 0 unspecified atom stereocenters. The third-order valence-electron chi connectivity index (χ3n) is 4.29. The maximum absolute atomic E-state index is 12.6. The van der Waals surface area contributed by atoms with E-state index in [0.29, 0.717) is 35.1 Å². The number of nitrogens with zero attached hydrogens (tertiary/aromatic N) is 1. The number of carbonyl (C=O) groups excluding carboxylic acids is 3. The monoisotopic (exact) mass is 426 g/mol. The molecule has 0 radical (unpaired) electrons. The maximum Gasteiger partial charge on any atom is 0.341 e. The number of methoxy groups -OCH3 is 1. The van der Waals surface area contributed by atoms with E-state index in [4.69, 9.17) is 27.9 Å². The molecule has 0 spiro atoms. The highest BCUT2D eigenvalue weighted by atomic mass is 35.5. The summed E-state index contributed by atoms with van der Waals surface area (Å²) in [6.45, 7) is 2.42. The van der Waals surface area contributed by atoms with Crippen LogP contribution in [-0.2, 0) is 22.5 Å². The van der Waals surface area contributed by atoms with Crippen molar-refractivity contribution in [2.45, 2.75) is 19.9 Å². The van der Waals surface area contributed by atoms with E-state index in [9.17, 15) is 14.4 Å². The van der Waals surface area contributed by atoms with Gasteiger partial charge in [0, 0.05) is 23.4 Å². The highest BCUT2D eigenvalue weighted by Gasteiger charge is 2.30. The van der Waals surface area contributed by atoms with Gasteiger partial charge in [0.15, 0.2) is 0 Å². The van der Waals surface area contributed by atoms with E-state index in [0.717, 1.165) is 10.4 Å². The zero-order chi connectivity index (χ0) is 19.7. The summed E-state index contributed by atoms with van der Waals surface area (Å²) in [4.78, 5) is 39.2. The first kappa shape index (κ1) is 19.7. The van der Waals surface area contributed by atoms with E-state index in [1.807, 2.05) is 0 Å². The summed E-state index contributed by atoms with van der Waals surface area (Å²) in [7, 11) is 1.29. The van der Waals surface area contributed by atoms with Gasteiger partial charge in [-0.25, -0.2) is 4.79 Å². The van der Waals surface area contributed by atoms with Crippen molar-refractivity contribution in [2.75, 3.05) is 19.0 Å². The van der Waals surface area contributed by atoms with Crippen LogP contribution in [-0.4, -0.2) is 36.3 Å². The predicted octanol–water partition coefficient (Wildman–Crippen LogP) is 4.00. The number of carbonyl (C=O) groups is 3. The van der Waals surface area contributed by atoms with Crippen LogP contribution in [0.15, 0.2) is 18.2 Å². The first-order valence-electron chi connectivity index (χ1n) is 8.06. The van der Waals surface area contributed by atoms with Gasteiger partial charge in [0.1, 0.15) is 5.00 Å². The Hall–Kier alpha value is -2.09. The largest absolute Gasteiger partial charge is 0.465 e. The fourth-order valence-electron chi connectivity index (χ4n) is 2.92. The average molecular weight is 427 g/mol. The molecule has 0 saturated heterocycles. The number of nitrogens with one attached hydrogen (secondary N) is 1. The van der Waals surface area contributed by atoms with Crippen molar-refractivity contribution in [1.82, 2.24) is 4.90 Å². The van der Waals surface area contributed by atoms with Crippen LogP contribution in [0.1, 0.15) is 38.1 Å². The summed E-state index contributed by atoms with van der Waals surface area (Å²) in [5.74, 6) is -1.02. The minimum absolute atomic E-state index is 0.0350. The fourth-order valence-corrected chi connectivity index (χ4v) is 4.66. The van der Waals surface area contributed by atoms with Crippen LogP contribution in [0.3, 0.4) is 0 Å². The number of thiophene rings is 1. The predicted molar refractivity (Wildman–Crippen MR) is 105 cm³/mol. The molecule has 0 aliphatic carbocycles. The Morgan fingerprint density at radius 2 is 2.00 bits per heavy atom. The summed E-state index contributed by atoms with van der Waals surface area (Å²) in [6, 6.07) is 4.56. The Kier molecular flexibility index (Phi) is 5.74. The van der Waals surface area contributed by atoms with Crippen LogP contribution in [0.2, 0.25) is 10.0 Å². The van der Waals surface area contributed by atoms with Gasteiger partial charge in [-0.2, -0.15) is 0 Å². The lowest BCUT2D eigenvalue weighted by atomic mass is 10.0. The second kappa shape index (κ2) is 7.88. The molecular formula is C18H16Cl2N2O4S. The number of halogens is 2. The Morgan fingerprint density at radius 1 is 1.26 bits per heavy atom. The zero-order valence-corrected chi connectivity index (χ0v) is 16.9. The molecule has 3 rings (SSSR count). The van der Waals surface area contributed by atoms with Gasteiger partial charge in [-0.3, -0.25) is 9.59 Å². The summed E-state index contributed by atoms with van der Waals surface area (Å²) in [5, 5.41) is 3.76. The van der Waals surface area contributed by atoms with Crippen LogP contribution >= 0.6 is 34.5 Å². The van der Waals surface area contributed by atoms with Crippen molar-refractivity contribution >= 4 is 57.3 Å². The standard InChI is InChI=1S/C18H16Cl2N2O4S/c1-9(23)22-6-5-12-14(8-22)27-17(15(12)18(25)26-2)21-16(24)11-4-3-10(19)7-13(11)20/h3-4,7H,5-6,8H2,1-2H3,(H,21,24). The molecule has 0 fully saturated rings. The van der Waals surface area contributed by atoms with Crippen molar-refractivity contribution in [3.63, 3.8) is 0 Å². The average Bonchev–Trinajstić information content (AvgIpc) is 2.97. The Labute approximate surface area is 170 Å². The van der Waals surface area contributed by atoms with E-state index >= 15 is 0 Å². The Morgan fingerprint density at radius 3 is 2.63 bits per heavy atom. The molecule has 0 bridgehead atoms. The highest BCUT2D eigenvalue weighted by Crippen LogP contribution is 2.38. The fraction of sp³-hybridized carbons (Fsp3) is 0.278. The number of esters is 1. The summed E-state index contributed by atoms with van der Waals surface area (Å²) in [6.07, 6.45) is 0.521. The van der Waals surface area contributed by atoms with Crippen molar-refractivity contribution < 1.29 is 19.1 Å². The summed E-state index contributed by atoms with van der Waals surface area (Å²) < 4.78 is 4.89. The molecule has 142 valence electrons. The van der Waals surface area contributed by atoms with Gasteiger partial charge >= 0.3 is 5.97 Å². The minimum atomic E-state index is -0.527. The van der Waals surface area contributed by atoms with E-state index < -0.39 is 11.9 Å². The second-order valence-electron chi connectivity index (χ2n) is 5.97. The number of hydrogen-bond acceptors (Lipinski definition) is 5. The lowest BCUT2D eigenvalue weighted by Gasteiger charge is -2.25. The lowest BCUT2D eigenvalue weighted by molar-refractivity contribution is -0.129. The topological polar surface area (TPSA) is 75.7 Å². The normalized spacial score (nSPS) is 13.1. The highest BCUT2D eigenvalue weighted by molar-refractivity contribution is 7.17. The van der Waals surface area contributed by atoms with Gasteiger partial charge < -0.3 is 15.0 Å². The third kappa shape index (κ3) is 3.95. The zero-order valence-electron chi connectivity index (χ0n) is 14.6. The molecule has 1 aliphatic heterocycles. The van der Waals surface area contributed by atoms with Crippen LogP contribution in [0.4, 0.5) is 5.00 Å². The van der Waals surface area contributed by atoms with E-state index in [1.165, 1.54) is 37.5 Å². The second-order valence-corrected chi connectivity index (χ2v) is 7.92. The minimum Gasteiger partial charge on any atom is -0.465 e. The molecule has 0 saturated carbocycles. The number of anilines is 1. The van der Waals surface area contributed by atoms with E-state index in [1.54, 1.807) is 11.0 Å². The number of hydrogen-bond donors (Lipinski definition) is 1. The molecule has 2 heterocycles. The van der Waals surface area contributed by atoms with Gasteiger partial charge in [0.2, 0.25) is 5.91 Å². The number of ether oxygens (including phenoxy) is 1. The third-order valence-corrected chi connectivity index (χ3v) is 5.97. The molecule has 2 aromatic rings. The van der Waals surface area contributed by atoms with Crippen LogP contribution < -0.4 is 5.32 Å². The van der Waals surface area contributed by atoms with Crippen LogP contribution in [0.5, 0.6) is 0 Å². The Balaban J connectivity index is 1.96. The smallest absolute Gasteiger partial charge is 0.341 e. The van der Waals surface area contributed by atoms with Gasteiger partial charge in [-0.1, -0.05) is 23.2 Å². The van der Waals surface area contributed by atoms with Crippen molar-refractivity contribution in [3.05, 3.63) is 49.8 Å². The molecule has 1 aromatic carbocycles. The number of benzene rings is 1. The van der Waals surface area contributed by atoms with Gasteiger partial charge in [0.25, 0.3) is 5.91 Å². The van der Waals surface area contributed by atoms with Crippen LogP contribution in [0.25, 0.3) is 0 Å². The van der Waals surface area contributed by atoms with Gasteiger partial charge in [0.05, 0.1) is 29.8 Å².